The van der Waals surface area contributed by atoms with Gasteiger partial charge in [0.1, 0.15) is 16.9 Å². The van der Waals surface area contributed by atoms with Crippen LogP contribution in [0.4, 0.5) is 17.6 Å². The van der Waals surface area contributed by atoms with Crippen LogP contribution in [0.1, 0.15) is 49.1 Å². The molecular formula is C24H28F4N4O4S. The summed E-state index contributed by atoms with van der Waals surface area (Å²) in [4.78, 5) is 26.2. The maximum absolute atomic E-state index is 14.3. The smallest absolute Gasteiger partial charge is 0.250 e. The number of benzene rings is 1. The number of hydrogen-bond acceptors (Lipinski definition) is 5. The van der Waals surface area contributed by atoms with Crippen LogP contribution in [-0.4, -0.2) is 56.5 Å². The zero-order chi connectivity index (χ0) is 27.1. The highest BCUT2D eigenvalue weighted by atomic mass is 32.2. The first-order valence-electron chi connectivity index (χ1n) is 11.9. The van der Waals surface area contributed by atoms with Crippen molar-refractivity contribution in [3.63, 3.8) is 0 Å². The van der Waals surface area contributed by atoms with E-state index in [0.717, 1.165) is 12.1 Å². The van der Waals surface area contributed by atoms with Crippen LogP contribution in [0.5, 0.6) is 0 Å². The van der Waals surface area contributed by atoms with Gasteiger partial charge in [0.2, 0.25) is 21.8 Å². The number of nitrogens with two attached hydrogens (primary N) is 2. The topological polar surface area (TPSA) is 136 Å². The Morgan fingerprint density at radius 3 is 2.57 bits per heavy atom. The molecule has 1 aromatic rings. The number of halogens is 4. The van der Waals surface area contributed by atoms with Crippen molar-refractivity contribution in [2.75, 3.05) is 13.1 Å². The van der Waals surface area contributed by atoms with Crippen molar-refractivity contribution in [2.45, 2.75) is 62.7 Å². The van der Waals surface area contributed by atoms with E-state index >= 15 is 0 Å². The first-order valence-corrected chi connectivity index (χ1v) is 13.5. The third-order valence-corrected chi connectivity index (χ3v) is 8.20. The lowest BCUT2D eigenvalue weighted by Gasteiger charge is -2.28. The van der Waals surface area contributed by atoms with E-state index < -0.39 is 68.5 Å². The lowest BCUT2D eigenvalue weighted by Crippen LogP contribution is -2.46. The molecule has 0 spiro atoms. The van der Waals surface area contributed by atoms with Gasteiger partial charge in [-0.05, 0) is 55.0 Å². The van der Waals surface area contributed by atoms with E-state index in [0.29, 0.717) is 49.4 Å². The average Bonchev–Trinajstić information content (AvgIpc) is 3.44. The Labute approximate surface area is 211 Å². The minimum absolute atomic E-state index is 0.0302. The molecule has 5 N–H and O–H groups in total. The minimum atomic E-state index is -4.48. The number of carbonyl (C=O) groups excluding carboxylic acids is 2. The van der Waals surface area contributed by atoms with Crippen molar-refractivity contribution in [3.05, 3.63) is 57.3 Å². The van der Waals surface area contributed by atoms with Gasteiger partial charge in [-0.25, -0.2) is 31.1 Å². The molecule has 37 heavy (non-hydrogen) atoms. The molecule has 202 valence electrons. The molecule has 4 rings (SSSR count). The Hall–Kier alpha value is -2.77. The Kier molecular flexibility index (Phi) is 7.77. The summed E-state index contributed by atoms with van der Waals surface area (Å²) in [5.74, 6) is -4.62. The number of hydrogen-bond donors (Lipinski definition) is 3. The van der Waals surface area contributed by atoms with Gasteiger partial charge in [-0.2, -0.15) is 0 Å². The van der Waals surface area contributed by atoms with Crippen LogP contribution in [0.25, 0.3) is 0 Å². The first-order chi connectivity index (χ1) is 17.4. The van der Waals surface area contributed by atoms with Crippen molar-refractivity contribution < 1.29 is 35.6 Å². The molecule has 4 atom stereocenters. The number of primary sulfonamides is 1. The van der Waals surface area contributed by atoms with Crippen molar-refractivity contribution in [1.29, 1.82) is 0 Å². The monoisotopic (exact) mass is 544 g/mol. The molecule has 4 unspecified atom stereocenters. The molecular weight excluding hydrogens is 516 g/mol. The van der Waals surface area contributed by atoms with Gasteiger partial charge in [0, 0.05) is 43.9 Å². The largest absolute Gasteiger partial charge is 0.350 e. The maximum Gasteiger partial charge on any atom is 0.250 e. The van der Waals surface area contributed by atoms with Gasteiger partial charge in [-0.3, -0.25) is 9.59 Å². The number of nitrogens with one attached hydrogen (secondary N) is 1. The number of amides is 2. The zero-order valence-corrected chi connectivity index (χ0v) is 20.7. The highest BCUT2D eigenvalue weighted by molar-refractivity contribution is 7.93. The summed E-state index contributed by atoms with van der Waals surface area (Å²) in [6, 6.07) is 1.28. The Bertz CT molecular complexity index is 1280. The highest BCUT2D eigenvalue weighted by Gasteiger charge is 2.36. The van der Waals surface area contributed by atoms with E-state index in [2.05, 4.69) is 5.32 Å². The van der Waals surface area contributed by atoms with Gasteiger partial charge >= 0.3 is 0 Å². The molecule has 13 heteroatoms. The summed E-state index contributed by atoms with van der Waals surface area (Å²) in [6.07, 6.45) is -0.0685. The first kappa shape index (κ1) is 27.3. The van der Waals surface area contributed by atoms with E-state index in [1.165, 1.54) is 0 Å². The van der Waals surface area contributed by atoms with E-state index in [4.69, 9.17) is 10.9 Å². The number of alkyl halides is 1. The molecule has 8 nitrogen and oxygen atoms in total. The summed E-state index contributed by atoms with van der Waals surface area (Å²) < 4.78 is 78.5. The summed E-state index contributed by atoms with van der Waals surface area (Å²) >= 11 is 0. The van der Waals surface area contributed by atoms with Crippen LogP contribution in [0, 0.1) is 11.6 Å². The van der Waals surface area contributed by atoms with E-state index in [1.54, 1.807) is 4.90 Å². The highest BCUT2D eigenvalue weighted by Crippen LogP contribution is 2.37. The van der Waals surface area contributed by atoms with Gasteiger partial charge in [-0.1, -0.05) is 0 Å². The number of fused-ring (bicyclic) bond motifs is 1. The zero-order valence-electron chi connectivity index (χ0n) is 19.9. The molecule has 1 heterocycles. The molecule has 1 saturated heterocycles. The summed E-state index contributed by atoms with van der Waals surface area (Å²) in [7, 11) is -4.48. The normalized spacial score (nSPS) is 24.6. The number of allylic oxidation sites excluding steroid dienone is 2. The standard InChI is InChI=1S/C24H28F4N4O4S/c25-17-9-20(28)22(37(30,35)36)8-16(17)24(34)31-11-13-2-1-5-32(13)23(33)10-21(29)14-4-3-12-6-18(26)19(27)7-15(12)14/h6-8,13-14,17,21H,1-5,9-11,29H2,(H,31,34)(H2,30,35,36). The second kappa shape index (κ2) is 10.5. The molecule has 1 aromatic carbocycles. The van der Waals surface area contributed by atoms with Crippen LogP contribution in [0.2, 0.25) is 0 Å². The predicted octanol–water partition coefficient (Wildman–Crippen LogP) is 1.96. The molecule has 0 radical (unpaired) electrons. The van der Waals surface area contributed by atoms with Crippen molar-refractivity contribution in [2.24, 2.45) is 10.9 Å². The molecule has 2 amide bonds. The molecule has 1 aliphatic heterocycles. The quantitative estimate of drug-likeness (QED) is 0.451. The second-order valence-electron chi connectivity index (χ2n) is 9.66. The lowest BCUT2D eigenvalue weighted by molar-refractivity contribution is -0.133. The number of nitrogens with zero attached hydrogens (tertiary/aromatic N) is 1. The number of likely N-dealkylation sites (tertiary alicyclic amines) is 1. The van der Waals surface area contributed by atoms with Crippen LogP contribution in [0.15, 0.2) is 34.5 Å². The Morgan fingerprint density at radius 1 is 1.16 bits per heavy atom. The van der Waals surface area contributed by atoms with E-state index in [-0.39, 0.29) is 24.8 Å². The van der Waals surface area contributed by atoms with Crippen molar-refractivity contribution >= 4 is 21.8 Å². The van der Waals surface area contributed by atoms with Crippen molar-refractivity contribution in [1.82, 2.24) is 10.2 Å². The third kappa shape index (κ3) is 5.73. The van der Waals surface area contributed by atoms with Crippen LogP contribution in [-0.2, 0) is 26.0 Å². The lowest BCUT2D eigenvalue weighted by atomic mass is 9.91. The Balaban J connectivity index is 1.37. The molecule has 3 aliphatic rings. The van der Waals surface area contributed by atoms with Crippen LogP contribution in [0.3, 0.4) is 0 Å². The van der Waals surface area contributed by atoms with Gasteiger partial charge in [-0.15, -0.1) is 0 Å². The number of carbonyl (C=O) groups is 2. The van der Waals surface area contributed by atoms with Gasteiger partial charge in [0.05, 0.1) is 5.57 Å². The summed E-state index contributed by atoms with van der Waals surface area (Å²) in [5, 5.41) is 7.44. The molecule has 2 aliphatic carbocycles. The fourth-order valence-electron chi connectivity index (χ4n) is 5.35. The summed E-state index contributed by atoms with van der Waals surface area (Å²) in [6.45, 7) is 0.392. The SMILES string of the molecule is NC(CC(=O)N1CCCC1CNC(=O)C1=CC(S(N)(=O)=O)=C(F)CC1F)C1CCc2cc(F)c(F)cc21. The third-order valence-electron chi connectivity index (χ3n) is 7.25. The predicted molar refractivity (Wildman–Crippen MR) is 127 cm³/mol. The van der Waals surface area contributed by atoms with Gasteiger partial charge < -0.3 is 16.0 Å². The number of aryl methyl sites for hydroxylation is 1. The molecule has 0 aromatic heterocycles. The van der Waals surface area contributed by atoms with E-state index in [9.17, 15) is 35.6 Å². The molecule has 1 fully saturated rings. The maximum atomic E-state index is 14.3. The van der Waals surface area contributed by atoms with Crippen LogP contribution < -0.4 is 16.2 Å². The summed E-state index contributed by atoms with van der Waals surface area (Å²) in [5.41, 5.74) is 7.03. The average molecular weight is 545 g/mol. The number of rotatable bonds is 7. The van der Waals surface area contributed by atoms with E-state index in [1.807, 2.05) is 0 Å². The molecule has 0 bridgehead atoms. The number of sulfonamides is 1. The fraction of sp³-hybridized carbons (Fsp3) is 0.500. The fourth-order valence-corrected chi connectivity index (χ4v) is 6.03. The van der Waals surface area contributed by atoms with Gasteiger partial charge in [0.25, 0.3) is 0 Å². The van der Waals surface area contributed by atoms with Crippen molar-refractivity contribution in [3.8, 4) is 0 Å². The van der Waals surface area contributed by atoms with Crippen LogP contribution >= 0.6 is 0 Å². The van der Waals surface area contributed by atoms with Gasteiger partial charge in [0.15, 0.2) is 11.6 Å². The molecule has 0 saturated carbocycles. The Morgan fingerprint density at radius 2 is 1.86 bits per heavy atom. The second-order valence-corrected chi connectivity index (χ2v) is 11.2. The minimum Gasteiger partial charge on any atom is -0.350 e.